The topological polar surface area (TPSA) is 55.6 Å². The number of carbonyl (C=O) groups excluding carboxylic acids is 1. The van der Waals surface area contributed by atoms with Gasteiger partial charge in [0.15, 0.2) is 0 Å². The number of carbonyl (C=O) groups is 1. The summed E-state index contributed by atoms with van der Waals surface area (Å²) in [5.41, 5.74) is 4.02. The molecule has 3 aromatic heterocycles. The van der Waals surface area contributed by atoms with Gasteiger partial charge in [-0.25, -0.2) is 4.98 Å². The number of amides is 1. The zero-order chi connectivity index (χ0) is 18.2. The number of thiophene rings is 1. The summed E-state index contributed by atoms with van der Waals surface area (Å²) in [5.74, 6) is 0.835. The molecule has 1 aromatic carbocycles. The predicted octanol–water partition coefficient (Wildman–Crippen LogP) is 3.93. The van der Waals surface area contributed by atoms with E-state index >= 15 is 0 Å². The van der Waals surface area contributed by atoms with Crippen molar-refractivity contribution in [2.24, 2.45) is 0 Å². The quantitative estimate of drug-likeness (QED) is 0.588. The summed E-state index contributed by atoms with van der Waals surface area (Å²) >= 11 is 1.52. The van der Waals surface area contributed by atoms with Crippen LogP contribution in [0.2, 0.25) is 0 Å². The number of fused-ring (bicyclic) bond motifs is 4. The molecule has 0 atom stereocenters. The molecule has 1 aliphatic heterocycles. The van der Waals surface area contributed by atoms with Gasteiger partial charge in [0.1, 0.15) is 18.0 Å². The van der Waals surface area contributed by atoms with Crippen molar-refractivity contribution in [2.45, 2.75) is 13.0 Å². The highest BCUT2D eigenvalue weighted by atomic mass is 32.1. The van der Waals surface area contributed by atoms with Crippen molar-refractivity contribution in [3.63, 3.8) is 0 Å². The summed E-state index contributed by atoms with van der Waals surface area (Å²) in [6.07, 6.45) is 4.67. The van der Waals surface area contributed by atoms with Gasteiger partial charge in [0.25, 0.3) is 5.91 Å². The van der Waals surface area contributed by atoms with Crippen molar-refractivity contribution in [3.05, 3.63) is 77.1 Å². The van der Waals surface area contributed by atoms with E-state index in [0.717, 1.165) is 38.0 Å². The molecule has 0 bridgehead atoms. The zero-order valence-corrected chi connectivity index (χ0v) is 15.3. The molecule has 0 saturated heterocycles. The average Bonchev–Trinajstić information content (AvgIpc) is 3.31. The number of nitrogens with zero attached hydrogens (tertiary/aromatic N) is 2. The molecule has 5 nitrogen and oxygen atoms in total. The molecule has 1 N–H and O–H groups in total. The normalized spacial score (nSPS) is 12.3. The summed E-state index contributed by atoms with van der Waals surface area (Å²) in [5, 5.41) is 3.01. The molecule has 134 valence electrons. The largest absolute Gasteiger partial charge is 0.488 e. The van der Waals surface area contributed by atoms with Gasteiger partial charge in [-0.1, -0.05) is 18.2 Å². The van der Waals surface area contributed by atoms with Crippen molar-refractivity contribution in [1.82, 2.24) is 14.7 Å². The van der Waals surface area contributed by atoms with E-state index in [2.05, 4.69) is 10.3 Å². The molecule has 6 heteroatoms. The zero-order valence-electron chi connectivity index (χ0n) is 14.5. The predicted molar refractivity (Wildman–Crippen MR) is 105 cm³/mol. The molecule has 0 unspecified atom stereocenters. The molecule has 27 heavy (non-hydrogen) atoms. The van der Waals surface area contributed by atoms with E-state index in [1.165, 1.54) is 11.3 Å². The van der Waals surface area contributed by atoms with E-state index in [0.29, 0.717) is 19.6 Å². The monoisotopic (exact) mass is 375 g/mol. The first-order chi connectivity index (χ1) is 13.3. The molecule has 0 radical (unpaired) electrons. The van der Waals surface area contributed by atoms with Gasteiger partial charge in [-0.05, 0) is 30.3 Å². The lowest BCUT2D eigenvalue weighted by molar-refractivity contribution is 0.0958. The fourth-order valence-corrected chi connectivity index (χ4v) is 4.42. The van der Waals surface area contributed by atoms with E-state index in [-0.39, 0.29) is 5.91 Å². The lowest BCUT2D eigenvalue weighted by Crippen LogP contribution is -2.24. The third kappa shape index (κ3) is 2.98. The van der Waals surface area contributed by atoms with Crippen molar-refractivity contribution in [3.8, 4) is 16.2 Å². The van der Waals surface area contributed by atoms with Crippen LogP contribution in [0, 0.1) is 0 Å². The molecule has 1 aliphatic rings. The second-order valence-corrected chi connectivity index (χ2v) is 7.51. The minimum atomic E-state index is -0.0457. The molecule has 0 aliphatic carbocycles. The van der Waals surface area contributed by atoms with Crippen molar-refractivity contribution < 1.29 is 9.53 Å². The van der Waals surface area contributed by atoms with E-state index in [9.17, 15) is 4.79 Å². The van der Waals surface area contributed by atoms with Gasteiger partial charge in [-0.2, -0.15) is 0 Å². The number of imidazole rings is 1. The van der Waals surface area contributed by atoms with Gasteiger partial charge in [-0.3, -0.25) is 4.79 Å². The van der Waals surface area contributed by atoms with Crippen molar-refractivity contribution in [2.75, 3.05) is 6.54 Å². The van der Waals surface area contributed by atoms with Crippen LogP contribution in [0.25, 0.3) is 16.1 Å². The van der Waals surface area contributed by atoms with Gasteiger partial charge in [0.2, 0.25) is 0 Å². The lowest BCUT2D eigenvalue weighted by Gasteiger charge is -2.16. The minimum absolute atomic E-state index is 0.0457. The van der Waals surface area contributed by atoms with Crippen LogP contribution >= 0.6 is 11.3 Å². The van der Waals surface area contributed by atoms with Crippen molar-refractivity contribution in [1.29, 1.82) is 0 Å². The van der Waals surface area contributed by atoms with Crippen LogP contribution in [0.15, 0.2) is 60.9 Å². The Hall–Kier alpha value is -3.12. The second-order valence-electron chi connectivity index (χ2n) is 6.45. The van der Waals surface area contributed by atoms with Crippen LogP contribution in [0.4, 0.5) is 0 Å². The van der Waals surface area contributed by atoms with Gasteiger partial charge < -0.3 is 14.5 Å². The Bertz CT molecular complexity index is 1110. The Labute approximate surface area is 160 Å². The Morgan fingerprint density at radius 1 is 1.22 bits per heavy atom. The van der Waals surface area contributed by atoms with Crippen LogP contribution in [0.5, 0.6) is 5.75 Å². The third-order valence-electron chi connectivity index (χ3n) is 4.63. The molecule has 4 heterocycles. The first kappa shape index (κ1) is 16.1. The minimum Gasteiger partial charge on any atom is -0.488 e. The highest BCUT2D eigenvalue weighted by Crippen LogP contribution is 2.42. The van der Waals surface area contributed by atoms with Crippen LogP contribution < -0.4 is 10.1 Å². The Morgan fingerprint density at radius 3 is 3.04 bits per heavy atom. The maximum atomic E-state index is 12.6. The van der Waals surface area contributed by atoms with Gasteiger partial charge >= 0.3 is 0 Å². The fourth-order valence-electron chi connectivity index (χ4n) is 3.31. The van der Waals surface area contributed by atoms with Crippen LogP contribution in [0.1, 0.15) is 20.9 Å². The first-order valence-corrected chi connectivity index (χ1v) is 9.65. The summed E-state index contributed by atoms with van der Waals surface area (Å²) in [6, 6.07) is 15.8. The molecule has 0 fully saturated rings. The summed E-state index contributed by atoms with van der Waals surface area (Å²) < 4.78 is 7.76. The standard InChI is InChI=1S/C21H17N3O2S/c25-21(22-9-8-15-12-24-10-4-3-7-19(24)23-15)18-11-14-13-26-17-6-2-1-5-16(17)20(14)27-18/h1-7,10-12H,8-9,13H2,(H,22,25). The Morgan fingerprint density at radius 2 is 2.11 bits per heavy atom. The van der Waals surface area contributed by atoms with Crippen LogP contribution in [0.3, 0.4) is 0 Å². The van der Waals surface area contributed by atoms with Crippen LogP contribution in [-0.2, 0) is 13.0 Å². The summed E-state index contributed by atoms with van der Waals surface area (Å²) in [7, 11) is 0. The number of para-hydroxylation sites is 1. The van der Waals surface area contributed by atoms with Crippen LogP contribution in [-0.4, -0.2) is 21.8 Å². The number of benzene rings is 1. The Kier molecular flexibility index (Phi) is 3.90. The maximum Gasteiger partial charge on any atom is 0.261 e. The third-order valence-corrected chi connectivity index (χ3v) is 5.84. The van der Waals surface area contributed by atoms with Gasteiger partial charge in [-0.15, -0.1) is 11.3 Å². The molecule has 0 saturated carbocycles. The van der Waals surface area contributed by atoms with E-state index in [1.807, 2.05) is 65.3 Å². The Balaban J connectivity index is 1.28. The highest BCUT2D eigenvalue weighted by Gasteiger charge is 2.22. The van der Waals surface area contributed by atoms with Gasteiger partial charge in [0.05, 0.1) is 10.6 Å². The molecule has 0 spiro atoms. The van der Waals surface area contributed by atoms with Crippen molar-refractivity contribution >= 4 is 22.9 Å². The fraction of sp³-hybridized carbons (Fsp3) is 0.143. The number of rotatable bonds is 4. The smallest absolute Gasteiger partial charge is 0.261 e. The summed E-state index contributed by atoms with van der Waals surface area (Å²) in [4.78, 5) is 19.0. The van der Waals surface area contributed by atoms with E-state index in [1.54, 1.807) is 0 Å². The average molecular weight is 375 g/mol. The maximum absolute atomic E-state index is 12.6. The molecule has 5 rings (SSSR count). The molecular weight excluding hydrogens is 358 g/mol. The van der Waals surface area contributed by atoms with Gasteiger partial charge in [0, 0.05) is 41.4 Å². The number of hydrogen-bond acceptors (Lipinski definition) is 4. The SMILES string of the molecule is O=C(NCCc1cn2ccccc2n1)c1cc2c(s1)-c1ccccc1OC2. The molecule has 1 amide bonds. The number of aromatic nitrogens is 2. The molecular formula is C21H17N3O2S. The number of hydrogen-bond donors (Lipinski definition) is 1. The number of pyridine rings is 1. The summed E-state index contributed by atoms with van der Waals surface area (Å²) in [6.45, 7) is 1.07. The van der Waals surface area contributed by atoms with E-state index in [4.69, 9.17) is 4.74 Å². The highest BCUT2D eigenvalue weighted by molar-refractivity contribution is 7.17. The second kappa shape index (κ2) is 6.55. The number of nitrogens with one attached hydrogen (secondary N) is 1. The van der Waals surface area contributed by atoms with E-state index < -0.39 is 0 Å². The number of ether oxygens (including phenoxy) is 1. The lowest BCUT2D eigenvalue weighted by atomic mass is 10.1. The molecule has 4 aromatic rings. The first-order valence-electron chi connectivity index (χ1n) is 8.84.